The molecule has 0 unspecified atom stereocenters. The van der Waals surface area contributed by atoms with Gasteiger partial charge in [-0.3, -0.25) is 4.79 Å². The van der Waals surface area contributed by atoms with E-state index in [0.717, 1.165) is 40.5 Å². The molecule has 0 aliphatic carbocycles. The van der Waals surface area contributed by atoms with E-state index in [0.29, 0.717) is 24.3 Å². The van der Waals surface area contributed by atoms with Gasteiger partial charge >= 0.3 is 6.03 Å². The van der Waals surface area contributed by atoms with Crippen molar-refractivity contribution in [1.29, 1.82) is 0 Å². The van der Waals surface area contributed by atoms with Crippen molar-refractivity contribution in [2.24, 2.45) is 0 Å². The van der Waals surface area contributed by atoms with E-state index in [1.165, 1.54) is 0 Å². The SMILES string of the molecule is O=C(NC[C@H]1CCCO1)Nc1ccc2c(c1)N(Cc1ccccc1)C(=O)c1ccccc1S2. The molecular formula is C26H25N3O3S. The third-order valence-electron chi connectivity index (χ3n) is 5.79. The van der Waals surface area contributed by atoms with Gasteiger partial charge in [-0.15, -0.1) is 0 Å². The number of fused-ring (bicyclic) bond motifs is 2. The number of ether oxygens (including phenoxy) is 1. The van der Waals surface area contributed by atoms with Crippen molar-refractivity contribution in [3.8, 4) is 0 Å². The zero-order valence-electron chi connectivity index (χ0n) is 18.1. The van der Waals surface area contributed by atoms with Gasteiger partial charge in [-0.1, -0.05) is 54.2 Å². The van der Waals surface area contributed by atoms with E-state index in [9.17, 15) is 9.59 Å². The van der Waals surface area contributed by atoms with Crippen LogP contribution in [-0.2, 0) is 11.3 Å². The van der Waals surface area contributed by atoms with Gasteiger partial charge in [0.25, 0.3) is 5.91 Å². The fourth-order valence-electron chi connectivity index (χ4n) is 4.11. The molecule has 0 bridgehead atoms. The number of carbonyl (C=O) groups excluding carboxylic acids is 2. The Morgan fingerprint density at radius 1 is 1.03 bits per heavy atom. The van der Waals surface area contributed by atoms with Crippen LogP contribution in [0.25, 0.3) is 0 Å². The lowest BCUT2D eigenvalue weighted by atomic mass is 10.1. The smallest absolute Gasteiger partial charge is 0.319 e. The molecule has 0 spiro atoms. The monoisotopic (exact) mass is 459 g/mol. The van der Waals surface area contributed by atoms with Crippen LogP contribution < -0.4 is 15.5 Å². The van der Waals surface area contributed by atoms with Crippen molar-refractivity contribution in [1.82, 2.24) is 5.32 Å². The molecule has 2 N–H and O–H groups in total. The van der Waals surface area contributed by atoms with Crippen molar-refractivity contribution >= 4 is 35.1 Å². The molecule has 5 rings (SSSR count). The molecule has 33 heavy (non-hydrogen) atoms. The summed E-state index contributed by atoms with van der Waals surface area (Å²) in [4.78, 5) is 29.7. The van der Waals surface area contributed by atoms with Crippen LogP contribution in [0.4, 0.5) is 16.2 Å². The summed E-state index contributed by atoms with van der Waals surface area (Å²) in [6.45, 7) is 1.68. The van der Waals surface area contributed by atoms with Crippen LogP contribution in [0, 0.1) is 0 Å². The largest absolute Gasteiger partial charge is 0.376 e. The van der Waals surface area contributed by atoms with Crippen molar-refractivity contribution in [2.45, 2.75) is 35.3 Å². The van der Waals surface area contributed by atoms with Crippen LogP contribution in [0.2, 0.25) is 0 Å². The molecule has 0 aromatic heterocycles. The first-order chi connectivity index (χ1) is 16.2. The van der Waals surface area contributed by atoms with Crippen molar-refractivity contribution in [2.75, 3.05) is 23.4 Å². The van der Waals surface area contributed by atoms with Gasteiger partial charge in [0, 0.05) is 28.6 Å². The van der Waals surface area contributed by atoms with E-state index < -0.39 is 0 Å². The van der Waals surface area contributed by atoms with Gasteiger partial charge < -0.3 is 20.3 Å². The first kappa shape index (κ1) is 21.6. The minimum atomic E-state index is -0.282. The van der Waals surface area contributed by atoms with Gasteiger partial charge in [0.05, 0.1) is 23.9 Å². The average Bonchev–Trinajstić information content (AvgIpc) is 3.33. The number of hydrogen-bond donors (Lipinski definition) is 2. The maximum Gasteiger partial charge on any atom is 0.319 e. The molecule has 0 radical (unpaired) electrons. The van der Waals surface area contributed by atoms with Gasteiger partial charge in [0.2, 0.25) is 0 Å². The Kier molecular flexibility index (Phi) is 6.32. The Morgan fingerprint density at radius 2 is 1.85 bits per heavy atom. The van der Waals surface area contributed by atoms with Crippen LogP contribution in [0.15, 0.2) is 82.6 Å². The molecule has 7 heteroatoms. The lowest BCUT2D eigenvalue weighted by Gasteiger charge is -2.24. The fourth-order valence-corrected chi connectivity index (χ4v) is 5.17. The second-order valence-electron chi connectivity index (χ2n) is 8.13. The third-order valence-corrected chi connectivity index (χ3v) is 6.93. The molecule has 3 amide bonds. The maximum atomic E-state index is 13.6. The molecule has 3 aromatic carbocycles. The highest BCUT2D eigenvalue weighted by Gasteiger charge is 2.28. The summed E-state index contributed by atoms with van der Waals surface area (Å²) in [5.74, 6) is -0.0549. The number of amides is 3. The zero-order chi connectivity index (χ0) is 22.6. The lowest BCUT2D eigenvalue weighted by molar-refractivity contribution is 0.0982. The number of nitrogens with one attached hydrogen (secondary N) is 2. The first-order valence-corrected chi connectivity index (χ1v) is 11.9. The lowest BCUT2D eigenvalue weighted by Crippen LogP contribution is -2.35. The van der Waals surface area contributed by atoms with Gasteiger partial charge in [0.15, 0.2) is 0 Å². The Bertz CT molecular complexity index is 1160. The highest BCUT2D eigenvalue weighted by Crippen LogP contribution is 2.43. The van der Waals surface area contributed by atoms with Gasteiger partial charge in [-0.2, -0.15) is 0 Å². The number of anilines is 2. The van der Waals surface area contributed by atoms with Crippen LogP contribution in [0.5, 0.6) is 0 Å². The quantitative estimate of drug-likeness (QED) is 0.543. The number of hydrogen-bond acceptors (Lipinski definition) is 4. The van der Waals surface area contributed by atoms with Crippen LogP contribution in [0.3, 0.4) is 0 Å². The van der Waals surface area contributed by atoms with E-state index in [2.05, 4.69) is 10.6 Å². The van der Waals surface area contributed by atoms with Gasteiger partial charge in [-0.25, -0.2) is 4.79 Å². The predicted octanol–water partition coefficient (Wildman–Crippen LogP) is 5.30. The van der Waals surface area contributed by atoms with Crippen molar-refractivity contribution in [3.63, 3.8) is 0 Å². The number of urea groups is 1. The summed E-state index contributed by atoms with van der Waals surface area (Å²) < 4.78 is 5.57. The molecule has 3 aromatic rings. The third kappa shape index (κ3) is 4.89. The molecule has 2 aliphatic rings. The fraction of sp³-hybridized carbons (Fsp3) is 0.231. The minimum Gasteiger partial charge on any atom is -0.376 e. The Hall–Kier alpha value is -3.29. The van der Waals surface area contributed by atoms with Crippen LogP contribution >= 0.6 is 11.8 Å². The Morgan fingerprint density at radius 3 is 2.67 bits per heavy atom. The van der Waals surface area contributed by atoms with Crippen molar-refractivity contribution < 1.29 is 14.3 Å². The zero-order valence-corrected chi connectivity index (χ0v) is 18.9. The Labute approximate surface area is 197 Å². The van der Waals surface area contributed by atoms with Crippen molar-refractivity contribution in [3.05, 3.63) is 83.9 Å². The van der Waals surface area contributed by atoms with E-state index >= 15 is 0 Å². The molecule has 1 saturated heterocycles. The number of nitrogens with zero attached hydrogens (tertiary/aromatic N) is 1. The van der Waals surface area contributed by atoms with Crippen LogP contribution in [0.1, 0.15) is 28.8 Å². The van der Waals surface area contributed by atoms with Gasteiger partial charge in [0.1, 0.15) is 0 Å². The number of rotatable bonds is 5. The molecule has 2 aliphatic heterocycles. The highest BCUT2D eigenvalue weighted by atomic mass is 32.2. The van der Waals surface area contributed by atoms with Gasteiger partial charge in [-0.05, 0) is 48.7 Å². The highest BCUT2D eigenvalue weighted by molar-refractivity contribution is 7.99. The van der Waals surface area contributed by atoms with E-state index in [-0.39, 0.29) is 18.0 Å². The summed E-state index contributed by atoms with van der Waals surface area (Å²) in [5, 5.41) is 5.78. The molecule has 1 atom stereocenters. The van der Waals surface area contributed by atoms with E-state index in [4.69, 9.17) is 4.74 Å². The molecule has 2 heterocycles. The molecule has 0 saturated carbocycles. The van der Waals surface area contributed by atoms with Crippen LogP contribution in [-0.4, -0.2) is 31.2 Å². The van der Waals surface area contributed by atoms with E-state index in [1.54, 1.807) is 16.7 Å². The Balaban J connectivity index is 1.42. The summed E-state index contributed by atoms with van der Waals surface area (Å²) in [5.41, 5.74) is 3.13. The number of carbonyl (C=O) groups is 2. The maximum absolute atomic E-state index is 13.6. The normalized spacial score (nSPS) is 17.2. The average molecular weight is 460 g/mol. The summed E-state index contributed by atoms with van der Waals surface area (Å²) in [6, 6.07) is 23.0. The second kappa shape index (κ2) is 9.68. The minimum absolute atomic E-state index is 0.0549. The molecular weight excluding hydrogens is 434 g/mol. The first-order valence-electron chi connectivity index (χ1n) is 11.1. The summed E-state index contributed by atoms with van der Waals surface area (Å²) >= 11 is 1.57. The van der Waals surface area contributed by atoms with E-state index in [1.807, 2.05) is 72.8 Å². The summed E-state index contributed by atoms with van der Waals surface area (Å²) in [7, 11) is 0. The topological polar surface area (TPSA) is 70.7 Å². The number of benzene rings is 3. The molecule has 168 valence electrons. The summed E-state index contributed by atoms with van der Waals surface area (Å²) in [6.07, 6.45) is 2.08. The predicted molar refractivity (Wildman–Crippen MR) is 130 cm³/mol. The molecule has 1 fully saturated rings. The second-order valence-corrected chi connectivity index (χ2v) is 9.21. The standard InChI is InChI=1S/C26H25N3O3S/c30-25-21-10-4-5-11-23(21)33-24-13-12-19(28-26(31)27-16-20-9-6-14-32-20)15-22(24)29(25)17-18-7-2-1-3-8-18/h1-5,7-8,10-13,15,20H,6,9,14,16-17H2,(H2,27,28,31)/t20-/m1/s1. The molecule has 6 nitrogen and oxygen atoms in total.